The molecule has 0 saturated carbocycles. The molecule has 19 heavy (non-hydrogen) atoms. The van der Waals surface area contributed by atoms with Crippen molar-refractivity contribution in [2.45, 2.75) is 32.1 Å². The van der Waals surface area contributed by atoms with E-state index >= 15 is 0 Å². The van der Waals surface area contributed by atoms with Crippen LogP contribution in [0.15, 0.2) is 28.7 Å². The molecule has 0 amide bonds. The van der Waals surface area contributed by atoms with Gasteiger partial charge < -0.3 is 9.73 Å². The highest BCUT2D eigenvalue weighted by molar-refractivity contribution is 7.84. The lowest BCUT2D eigenvalue weighted by atomic mass is 10.1. The van der Waals surface area contributed by atoms with E-state index in [-0.39, 0.29) is 11.3 Å². The summed E-state index contributed by atoms with van der Waals surface area (Å²) in [5.74, 6) is 0.968. The van der Waals surface area contributed by atoms with Crippen molar-refractivity contribution in [3.8, 4) is 0 Å². The molecule has 0 radical (unpaired) electrons. The second-order valence-electron chi connectivity index (χ2n) is 5.03. The van der Waals surface area contributed by atoms with Gasteiger partial charge in [0.05, 0.1) is 6.04 Å². The molecule has 3 atom stereocenters. The maximum absolute atomic E-state index is 11.3. The number of rotatable bonds is 5. The van der Waals surface area contributed by atoms with Crippen LogP contribution < -0.4 is 5.32 Å². The van der Waals surface area contributed by atoms with E-state index in [2.05, 4.69) is 25.2 Å². The Bertz CT molecular complexity index is 591. The van der Waals surface area contributed by atoms with Gasteiger partial charge in [0.25, 0.3) is 0 Å². The topological polar surface area (TPSA) is 42.2 Å². The Labute approximate surface area is 116 Å². The quantitative estimate of drug-likeness (QED) is 0.914. The van der Waals surface area contributed by atoms with E-state index in [1.807, 2.05) is 25.1 Å². The summed E-state index contributed by atoms with van der Waals surface area (Å²) in [6.45, 7) is 6.87. The van der Waals surface area contributed by atoms with E-state index in [0.29, 0.717) is 0 Å². The van der Waals surface area contributed by atoms with Gasteiger partial charge in [-0.1, -0.05) is 18.2 Å². The van der Waals surface area contributed by atoms with Crippen molar-refractivity contribution in [2.75, 3.05) is 12.8 Å². The molecule has 2 aromatic rings. The number of fused-ring (bicyclic) bond motifs is 1. The molecular formula is C15H21NO2S. The minimum absolute atomic E-state index is 0.124. The molecule has 3 unspecified atom stereocenters. The molecule has 104 valence electrons. The van der Waals surface area contributed by atoms with Crippen LogP contribution in [-0.2, 0) is 10.8 Å². The van der Waals surface area contributed by atoms with Gasteiger partial charge in [0.15, 0.2) is 0 Å². The summed E-state index contributed by atoms with van der Waals surface area (Å²) in [6, 6.07) is 8.19. The van der Waals surface area contributed by atoms with E-state index in [1.54, 1.807) is 6.26 Å². The average molecular weight is 279 g/mol. The first-order valence-electron chi connectivity index (χ1n) is 6.54. The molecule has 0 spiro atoms. The van der Waals surface area contributed by atoms with Crippen molar-refractivity contribution < 1.29 is 8.63 Å². The first kappa shape index (κ1) is 14.3. The van der Waals surface area contributed by atoms with Crippen molar-refractivity contribution in [3.63, 3.8) is 0 Å². The van der Waals surface area contributed by atoms with E-state index in [4.69, 9.17) is 4.42 Å². The summed E-state index contributed by atoms with van der Waals surface area (Å²) >= 11 is 0. The summed E-state index contributed by atoms with van der Waals surface area (Å²) in [5, 5.41) is 4.71. The molecule has 0 bridgehead atoms. The van der Waals surface area contributed by atoms with Gasteiger partial charge in [-0.15, -0.1) is 0 Å². The lowest BCUT2D eigenvalue weighted by Crippen LogP contribution is -2.29. The zero-order valence-electron chi connectivity index (χ0n) is 11.9. The fourth-order valence-electron chi connectivity index (χ4n) is 2.16. The Morgan fingerprint density at radius 1 is 1.32 bits per heavy atom. The monoisotopic (exact) mass is 279 g/mol. The Morgan fingerprint density at radius 2 is 2.00 bits per heavy atom. The van der Waals surface area contributed by atoms with Gasteiger partial charge in [-0.2, -0.15) is 0 Å². The van der Waals surface area contributed by atoms with Crippen LogP contribution in [0.2, 0.25) is 0 Å². The van der Waals surface area contributed by atoms with Crippen molar-refractivity contribution in [1.29, 1.82) is 0 Å². The zero-order chi connectivity index (χ0) is 14.0. The van der Waals surface area contributed by atoms with Gasteiger partial charge in [0, 0.05) is 34.2 Å². The van der Waals surface area contributed by atoms with Crippen molar-refractivity contribution in [3.05, 3.63) is 35.6 Å². The minimum Gasteiger partial charge on any atom is -0.459 e. The number of hydrogen-bond acceptors (Lipinski definition) is 3. The number of para-hydroxylation sites is 1. The largest absolute Gasteiger partial charge is 0.459 e. The van der Waals surface area contributed by atoms with E-state index in [9.17, 15) is 4.21 Å². The molecular weight excluding hydrogens is 258 g/mol. The van der Waals surface area contributed by atoms with Crippen molar-refractivity contribution in [2.24, 2.45) is 0 Å². The first-order valence-corrected chi connectivity index (χ1v) is 8.16. The molecule has 1 N–H and O–H groups in total. The van der Waals surface area contributed by atoms with Crippen molar-refractivity contribution >= 4 is 21.8 Å². The van der Waals surface area contributed by atoms with Crippen LogP contribution in [-0.4, -0.2) is 22.3 Å². The van der Waals surface area contributed by atoms with E-state index < -0.39 is 10.8 Å². The van der Waals surface area contributed by atoms with Crippen molar-refractivity contribution in [1.82, 2.24) is 5.32 Å². The number of benzene rings is 1. The van der Waals surface area contributed by atoms with Crippen LogP contribution in [0.1, 0.15) is 31.2 Å². The summed E-state index contributed by atoms with van der Waals surface area (Å²) in [4.78, 5) is 0. The molecule has 0 fully saturated rings. The molecule has 1 aromatic heterocycles. The smallest absolute Gasteiger partial charge is 0.134 e. The van der Waals surface area contributed by atoms with Gasteiger partial charge in [-0.25, -0.2) is 0 Å². The fourth-order valence-corrected chi connectivity index (χ4v) is 2.49. The van der Waals surface area contributed by atoms with Crippen LogP contribution >= 0.6 is 0 Å². The third-order valence-corrected chi connectivity index (χ3v) is 4.85. The molecule has 1 heterocycles. The van der Waals surface area contributed by atoms with Crippen LogP contribution in [0, 0.1) is 6.92 Å². The molecule has 0 aliphatic rings. The zero-order valence-corrected chi connectivity index (χ0v) is 12.7. The molecule has 2 rings (SSSR count). The maximum atomic E-state index is 11.3. The second kappa shape index (κ2) is 5.88. The Kier molecular flexibility index (Phi) is 4.42. The molecule has 0 aliphatic heterocycles. The number of nitrogens with one attached hydrogen (secondary N) is 1. The highest BCUT2D eigenvalue weighted by atomic mass is 32.2. The highest BCUT2D eigenvalue weighted by Gasteiger charge is 2.17. The Hall–Kier alpha value is -1.13. The van der Waals surface area contributed by atoms with Gasteiger partial charge in [-0.3, -0.25) is 4.21 Å². The molecule has 4 heteroatoms. The number of aryl methyl sites for hydroxylation is 1. The van der Waals surface area contributed by atoms with E-state index in [1.165, 1.54) is 10.9 Å². The lowest BCUT2D eigenvalue weighted by Gasteiger charge is -2.15. The summed E-state index contributed by atoms with van der Waals surface area (Å²) in [7, 11) is -0.796. The minimum atomic E-state index is -0.796. The predicted molar refractivity (Wildman–Crippen MR) is 80.9 cm³/mol. The number of furan rings is 1. The molecule has 0 aliphatic carbocycles. The molecule has 0 saturated heterocycles. The van der Waals surface area contributed by atoms with E-state index in [0.717, 1.165) is 17.9 Å². The standard InChI is InChI=1S/C15H21NO2S/c1-10(19(4)17)9-16-12(3)15-11(2)13-7-5-6-8-14(13)18-15/h5-8,10,12,16H,9H2,1-4H3. The van der Waals surface area contributed by atoms with Crippen LogP contribution in [0.3, 0.4) is 0 Å². The van der Waals surface area contributed by atoms with Gasteiger partial charge in [0.1, 0.15) is 11.3 Å². The predicted octanol–water partition coefficient (Wildman–Crippen LogP) is 3.16. The van der Waals surface area contributed by atoms with Gasteiger partial charge in [0.2, 0.25) is 0 Å². The summed E-state index contributed by atoms with van der Waals surface area (Å²) < 4.78 is 17.3. The molecule has 1 aromatic carbocycles. The average Bonchev–Trinajstić information content (AvgIpc) is 2.73. The summed E-state index contributed by atoms with van der Waals surface area (Å²) in [5.41, 5.74) is 2.11. The lowest BCUT2D eigenvalue weighted by molar-refractivity contribution is 0.449. The number of hydrogen-bond donors (Lipinski definition) is 1. The summed E-state index contributed by atoms with van der Waals surface area (Å²) in [6.07, 6.45) is 1.74. The third-order valence-electron chi connectivity index (χ3n) is 3.55. The second-order valence-corrected chi connectivity index (χ2v) is 6.83. The first-order chi connectivity index (χ1) is 9.00. The fraction of sp³-hybridized carbons (Fsp3) is 0.467. The Morgan fingerprint density at radius 3 is 2.63 bits per heavy atom. The third kappa shape index (κ3) is 3.07. The maximum Gasteiger partial charge on any atom is 0.134 e. The van der Waals surface area contributed by atoms with Gasteiger partial charge >= 0.3 is 0 Å². The normalized spacial score (nSPS) is 16.4. The van der Waals surface area contributed by atoms with Crippen LogP contribution in [0.5, 0.6) is 0 Å². The van der Waals surface area contributed by atoms with Crippen LogP contribution in [0.4, 0.5) is 0 Å². The SMILES string of the molecule is Cc1c(C(C)NCC(C)S(C)=O)oc2ccccc12. The van der Waals surface area contributed by atoms with Crippen LogP contribution in [0.25, 0.3) is 11.0 Å². The highest BCUT2D eigenvalue weighted by Crippen LogP contribution is 2.29. The molecule has 3 nitrogen and oxygen atoms in total. The van der Waals surface area contributed by atoms with Gasteiger partial charge in [-0.05, 0) is 32.4 Å². The Balaban J connectivity index is 2.15.